The molecule has 16 heavy (non-hydrogen) atoms. The van der Waals surface area contributed by atoms with Crippen molar-refractivity contribution in [1.82, 2.24) is 0 Å². The highest BCUT2D eigenvalue weighted by Gasteiger charge is 2.21. The molecular formula is C11H10ClFO3. The summed E-state index contributed by atoms with van der Waals surface area (Å²) in [4.78, 5) is 22.8. The highest BCUT2D eigenvalue weighted by Crippen LogP contribution is 2.21. The topological polar surface area (TPSA) is 43.4 Å². The molecule has 0 aromatic heterocycles. The molecule has 3 nitrogen and oxygen atoms in total. The minimum atomic E-state index is -1.00. The molecule has 0 atom stereocenters. The second kappa shape index (κ2) is 5.61. The van der Waals surface area contributed by atoms with Gasteiger partial charge in [-0.3, -0.25) is 4.79 Å². The predicted octanol–water partition coefficient (Wildman–Crippen LogP) is 2.56. The largest absolute Gasteiger partial charge is 0.460 e. The van der Waals surface area contributed by atoms with Crippen LogP contribution in [0.25, 0.3) is 0 Å². The molecule has 0 bridgehead atoms. The van der Waals surface area contributed by atoms with Crippen molar-refractivity contribution in [3.05, 3.63) is 34.3 Å². The van der Waals surface area contributed by atoms with Crippen molar-refractivity contribution in [3.63, 3.8) is 0 Å². The number of rotatable bonds is 4. The van der Waals surface area contributed by atoms with Gasteiger partial charge in [0.15, 0.2) is 0 Å². The van der Waals surface area contributed by atoms with Gasteiger partial charge in [0.2, 0.25) is 0 Å². The molecule has 0 amide bonds. The summed E-state index contributed by atoms with van der Waals surface area (Å²) < 4.78 is 17.2. The minimum Gasteiger partial charge on any atom is -0.460 e. The third-order valence-electron chi connectivity index (χ3n) is 1.96. The van der Waals surface area contributed by atoms with Gasteiger partial charge in [0.25, 0.3) is 5.78 Å². The molecule has 1 aromatic carbocycles. The van der Waals surface area contributed by atoms with Gasteiger partial charge in [-0.05, 0) is 13.0 Å². The number of hydrogen-bond acceptors (Lipinski definition) is 3. The number of carbonyl (C=O) groups is 2. The summed E-state index contributed by atoms with van der Waals surface area (Å²) in [6, 6.07) is 4.28. The molecule has 5 heteroatoms. The average molecular weight is 245 g/mol. The lowest BCUT2D eigenvalue weighted by Gasteiger charge is -2.06. The average Bonchev–Trinajstić information content (AvgIpc) is 2.28. The van der Waals surface area contributed by atoms with Crippen LogP contribution < -0.4 is 0 Å². The fourth-order valence-electron chi connectivity index (χ4n) is 1.21. The number of alkyl halides is 1. The van der Waals surface area contributed by atoms with Gasteiger partial charge < -0.3 is 4.74 Å². The van der Waals surface area contributed by atoms with Crippen molar-refractivity contribution in [2.24, 2.45) is 0 Å². The summed E-state index contributed by atoms with van der Waals surface area (Å²) in [6.07, 6.45) is 0. The molecule has 86 valence electrons. The van der Waals surface area contributed by atoms with Crippen molar-refractivity contribution < 1.29 is 18.7 Å². The Balaban J connectivity index is 3.08. The maximum Gasteiger partial charge on any atom is 0.379 e. The van der Waals surface area contributed by atoms with Gasteiger partial charge in [-0.25, -0.2) is 9.18 Å². The van der Waals surface area contributed by atoms with Gasteiger partial charge in [0.1, 0.15) is 6.67 Å². The molecule has 0 heterocycles. The summed E-state index contributed by atoms with van der Waals surface area (Å²) in [7, 11) is 0. The number of esters is 1. The molecular weight excluding hydrogens is 235 g/mol. The summed E-state index contributed by atoms with van der Waals surface area (Å²) in [6.45, 7) is 0.773. The summed E-state index contributed by atoms with van der Waals surface area (Å²) >= 11 is 5.71. The van der Waals surface area contributed by atoms with E-state index in [1.54, 1.807) is 6.92 Å². The van der Waals surface area contributed by atoms with Crippen LogP contribution in [0.15, 0.2) is 18.2 Å². The smallest absolute Gasteiger partial charge is 0.379 e. The van der Waals surface area contributed by atoms with Gasteiger partial charge in [0, 0.05) is 16.1 Å². The highest BCUT2D eigenvalue weighted by molar-refractivity contribution is 6.42. The third kappa shape index (κ3) is 2.58. The molecule has 0 aliphatic carbocycles. The van der Waals surface area contributed by atoms with E-state index in [1.165, 1.54) is 18.2 Å². The highest BCUT2D eigenvalue weighted by atomic mass is 35.5. The first kappa shape index (κ1) is 12.6. The van der Waals surface area contributed by atoms with Gasteiger partial charge in [-0.15, -0.1) is 0 Å². The normalized spacial score (nSPS) is 9.94. The first-order chi connectivity index (χ1) is 7.61. The molecule has 0 radical (unpaired) electrons. The Morgan fingerprint density at radius 1 is 1.44 bits per heavy atom. The van der Waals surface area contributed by atoms with Crippen LogP contribution >= 0.6 is 11.6 Å². The standard InChI is InChI=1S/C11H10ClFO3/c1-2-16-11(15)10(14)7-4-3-5-9(12)8(7)6-13/h3-5H,2,6H2,1H3. The monoisotopic (exact) mass is 244 g/mol. The van der Waals surface area contributed by atoms with E-state index in [2.05, 4.69) is 4.74 Å². The molecule has 0 saturated heterocycles. The Kier molecular flexibility index (Phi) is 4.43. The van der Waals surface area contributed by atoms with E-state index in [-0.39, 0.29) is 22.8 Å². The Hall–Kier alpha value is -1.42. The van der Waals surface area contributed by atoms with E-state index in [0.29, 0.717) is 0 Å². The minimum absolute atomic E-state index is 0.0159. The molecule has 0 aliphatic rings. The number of halogens is 2. The Bertz CT molecular complexity index is 418. The molecule has 1 rings (SSSR count). The summed E-state index contributed by atoms with van der Waals surface area (Å²) in [5.41, 5.74) is -0.0318. The van der Waals surface area contributed by atoms with E-state index in [4.69, 9.17) is 11.6 Å². The zero-order valence-electron chi connectivity index (χ0n) is 8.63. The lowest BCUT2D eigenvalue weighted by atomic mass is 10.0. The van der Waals surface area contributed by atoms with Crippen LogP contribution in [-0.4, -0.2) is 18.4 Å². The number of Topliss-reactive ketones (excluding diaryl/α,β-unsaturated/α-hetero) is 1. The summed E-state index contributed by atoms with van der Waals surface area (Å²) in [5.74, 6) is -1.88. The van der Waals surface area contributed by atoms with E-state index in [0.717, 1.165) is 0 Å². The summed E-state index contributed by atoms with van der Waals surface area (Å²) in [5, 5.41) is 0.123. The van der Waals surface area contributed by atoms with Crippen molar-refractivity contribution in [3.8, 4) is 0 Å². The zero-order chi connectivity index (χ0) is 12.1. The second-order valence-electron chi connectivity index (χ2n) is 2.95. The van der Waals surface area contributed by atoms with Gasteiger partial charge in [-0.2, -0.15) is 0 Å². The SMILES string of the molecule is CCOC(=O)C(=O)c1cccc(Cl)c1CF. The fourth-order valence-corrected chi connectivity index (χ4v) is 1.44. The van der Waals surface area contributed by atoms with Crippen LogP contribution in [0.1, 0.15) is 22.8 Å². The number of carbonyl (C=O) groups excluding carboxylic acids is 2. The van der Waals surface area contributed by atoms with Crippen LogP contribution in [0, 0.1) is 0 Å². The molecule has 0 fully saturated rings. The Labute approximate surface area is 97.2 Å². The Morgan fingerprint density at radius 2 is 2.12 bits per heavy atom. The van der Waals surface area contributed by atoms with Gasteiger partial charge in [-0.1, -0.05) is 23.7 Å². The van der Waals surface area contributed by atoms with Crippen LogP contribution in [0.3, 0.4) is 0 Å². The first-order valence-electron chi connectivity index (χ1n) is 4.66. The van der Waals surface area contributed by atoms with E-state index >= 15 is 0 Å². The lowest BCUT2D eigenvalue weighted by molar-refractivity contribution is -0.137. The number of ether oxygens (including phenoxy) is 1. The fraction of sp³-hybridized carbons (Fsp3) is 0.273. The van der Waals surface area contributed by atoms with Crippen molar-refractivity contribution in [1.29, 1.82) is 0 Å². The Morgan fingerprint density at radius 3 is 2.69 bits per heavy atom. The molecule has 1 aromatic rings. The van der Waals surface area contributed by atoms with E-state index in [9.17, 15) is 14.0 Å². The van der Waals surface area contributed by atoms with Crippen molar-refractivity contribution in [2.75, 3.05) is 6.61 Å². The number of hydrogen-bond donors (Lipinski definition) is 0. The maximum absolute atomic E-state index is 12.7. The number of ketones is 1. The van der Waals surface area contributed by atoms with Crippen molar-refractivity contribution >= 4 is 23.4 Å². The van der Waals surface area contributed by atoms with E-state index in [1.807, 2.05) is 0 Å². The van der Waals surface area contributed by atoms with Crippen LogP contribution in [0.5, 0.6) is 0 Å². The van der Waals surface area contributed by atoms with Gasteiger partial charge in [0.05, 0.1) is 6.61 Å². The van der Waals surface area contributed by atoms with Crippen LogP contribution in [0.4, 0.5) is 4.39 Å². The van der Waals surface area contributed by atoms with Gasteiger partial charge >= 0.3 is 5.97 Å². The van der Waals surface area contributed by atoms with Crippen LogP contribution in [0.2, 0.25) is 5.02 Å². The lowest BCUT2D eigenvalue weighted by Crippen LogP contribution is -2.19. The molecule has 0 spiro atoms. The molecule has 0 saturated carbocycles. The molecule has 0 aliphatic heterocycles. The zero-order valence-corrected chi connectivity index (χ0v) is 9.38. The van der Waals surface area contributed by atoms with Crippen LogP contribution in [-0.2, 0) is 16.2 Å². The van der Waals surface area contributed by atoms with E-state index < -0.39 is 18.4 Å². The third-order valence-corrected chi connectivity index (χ3v) is 2.31. The quantitative estimate of drug-likeness (QED) is 0.464. The first-order valence-corrected chi connectivity index (χ1v) is 5.04. The molecule has 0 unspecified atom stereocenters. The maximum atomic E-state index is 12.7. The molecule has 0 N–H and O–H groups in total. The second-order valence-corrected chi connectivity index (χ2v) is 3.36. The van der Waals surface area contributed by atoms with Crippen molar-refractivity contribution in [2.45, 2.75) is 13.6 Å². The number of benzene rings is 1. The predicted molar refractivity (Wildman–Crippen MR) is 57.2 cm³/mol.